The molecule has 3 unspecified atom stereocenters. The van der Waals surface area contributed by atoms with Crippen molar-refractivity contribution in [2.75, 3.05) is 20.2 Å². The zero-order valence-corrected chi connectivity index (χ0v) is 12.8. The van der Waals surface area contributed by atoms with Crippen LogP contribution in [0.1, 0.15) is 25.7 Å². The van der Waals surface area contributed by atoms with Crippen molar-refractivity contribution in [1.82, 2.24) is 4.90 Å². The molecular weight excluding hydrogens is 310 g/mol. The molecule has 3 atom stereocenters. The molecule has 0 aliphatic carbocycles. The minimum absolute atomic E-state index is 0.380. The summed E-state index contributed by atoms with van der Waals surface area (Å²) in [5, 5.41) is 28.2. The molecule has 0 radical (unpaired) electrons. The Bertz CT molecular complexity index is 471. The van der Waals surface area contributed by atoms with E-state index in [-0.39, 0.29) is 0 Å². The Balaban J connectivity index is 3.15. The van der Waals surface area contributed by atoms with Gasteiger partial charge >= 0.3 is 23.9 Å². The fourth-order valence-corrected chi connectivity index (χ4v) is 2.89. The van der Waals surface area contributed by atoms with Gasteiger partial charge in [0.05, 0.1) is 25.4 Å². The molecule has 23 heavy (non-hydrogen) atoms. The maximum Gasteiger partial charge on any atom is 0.321 e. The molecule has 0 bridgehead atoms. The number of ether oxygens (including phenoxy) is 1. The van der Waals surface area contributed by atoms with E-state index in [1.54, 1.807) is 0 Å². The van der Waals surface area contributed by atoms with Crippen LogP contribution in [0.25, 0.3) is 0 Å². The second-order valence-electron chi connectivity index (χ2n) is 5.47. The van der Waals surface area contributed by atoms with Crippen LogP contribution >= 0.6 is 0 Å². The van der Waals surface area contributed by atoms with E-state index < -0.39 is 48.2 Å². The summed E-state index contributed by atoms with van der Waals surface area (Å²) in [7, 11) is 1.05. The second kappa shape index (κ2) is 8.47. The van der Waals surface area contributed by atoms with Crippen LogP contribution in [0.3, 0.4) is 0 Å². The monoisotopic (exact) mass is 331 g/mol. The Kier molecular flexibility index (Phi) is 6.95. The molecule has 0 aromatic carbocycles. The van der Waals surface area contributed by atoms with E-state index in [1.165, 1.54) is 4.90 Å². The molecule has 1 aliphatic rings. The summed E-state index contributed by atoms with van der Waals surface area (Å²) in [6, 6.07) is -1.50. The Hall–Kier alpha value is -2.16. The van der Waals surface area contributed by atoms with Crippen molar-refractivity contribution in [2.45, 2.75) is 31.7 Å². The Morgan fingerprint density at radius 2 is 1.52 bits per heavy atom. The number of methoxy groups -OCH3 is 1. The number of hydrogen-bond acceptors (Lipinski definition) is 6. The average Bonchev–Trinajstić information content (AvgIpc) is 2.50. The smallest absolute Gasteiger partial charge is 0.321 e. The molecule has 9 nitrogen and oxygen atoms in total. The second-order valence-corrected chi connectivity index (χ2v) is 5.47. The van der Waals surface area contributed by atoms with Gasteiger partial charge in [0.15, 0.2) is 0 Å². The fourth-order valence-electron chi connectivity index (χ4n) is 2.89. The lowest BCUT2D eigenvalue weighted by molar-refractivity contribution is -0.166. The van der Waals surface area contributed by atoms with Crippen molar-refractivity contribution in [1.29, 1.82) is 0 Å². The first kappa shape index (κ1) is 18.9. The molecule has 3 N–H and O–H groups in total. The zero-order valence-electron chi connectivity index (χ0n) is 12.8. The van der Waals surface area contributed by atoms with Crippen LogP contribution < -0.4 is 0 Å². The van der Waals surface area contributed by atoms with Crippen LogP contribution in [0.2, 0.25) is 0 Å². The quantitative estimate of drug-likeness (QED) is 0.519. The van der Waals surface area contributed by atoms with Crippen LogP contribution in [0, 0.1) is 11.8 Å². The van der Waals surface area contributed by atoms with Gasteiger partial charge in [0, 0.05) is 0 Å². The van der Waals surface area contributed by atoms with Crippen LogP contribution in [-0.2, 0) is 23.9 Å². The van der Waals surface area contributed by atoms with E-state index in [1.807, 2.05) is 0 Å². The lowest BCUT2D eigenvalue weighted by Crippen LogP contribution is -2.54. The lowest BCUT2D eigenvalue weighted by Gasteiger charge is -2.36. The van der Waals surface area contributed by atoms with Crippen molar-refractivity contribution in [3.8, 4) is 0 Å². The summed E-state index contributed by atoms with van der Waals surface area (Å²) < 4.78 is 4.39. The average molecular weight is 331 g/mol. The number of piperidine rings is 1. The van der Waals surface area contributed by atoms with E-state index in [4.69, 9.17) is 0 Å². The zero-order chi connectivity index (χ0) is 17.6. The molecule has 1 aliphatic heterocycles. The van der Waals surface area contributed by atoms with E-state index in [9.17, 15) is 34.5 Å². The number of carbonyl (C=O) groups excluding carboxylic acids is 1. The van der Waals surface area contributed by atoms with Crippen molar-refractivity contribution in [3.05, 3.63) is 0 Å². The summed E-state index contributed by atoms with van der Waals surface area (Å²) in [5.41, 5.74) is 0. The fraction of sp³-hybridized carbons (Fsp3) is 0.714. The first-order chi connectivity index (χ1) is 10.8. The molecule has 0 aromatic rings. The van der Waals surface area contributed by atoms with E-state index >= 15 is 0 Å². The number of esters is 1. The van der Waals surface area contributed by atoms with E-state index in [0.29, 0.717) is 25.9 Å². The molecule has 1 fully saturated rings. The highest BCUT2D eigenvalue weighted by molar-refractivity contribution is 5.89. The standard InChI is InChI=1S/C14H21NO8/c1-23-9(16)7-8(12(17)18)10(13(19)20)11(14(21)22)15-5-3-2-4-6-15/h8,10-11H,2-7H2,1H3,(H,17,18)(H,19,20)(H,21,22). The molecule has 1 rings (SSSR count). The van der Waals surface area contributed by atoms with Gasteiger partial charge in [0.1, 0.15) is 6.04 Å². The summed E-state index contributed by atoms with van der Waals surface area (Å²) in [5.74, 6) is -8.82. The largest absolute Gasteiger partial charge is 0.481 e. The SMILES string of the molecule is COC(=O)CC(C(=O)O)C(C(=O)O)C(C(=O)O)N1CCCCC1. The molecular formula is C14H21NO8. The predicted molar refractivity (Wildman–Crippen MR) is 75.7 cm³/mol. The van der Waals surface area contributed by atoms with Crippen LogP contribution in [0.4, 0.5) is 0 Å². The third-order valence-electron chi connectivity index (χ3n) is 4.03. The van der Waals surface area contributed by atoms with Crippen LogP contribution in [0.15, 0.2) is 0 Å². The van der Waals surface area contributed by atoms with Crippen molar-refractivity contribution >= 4 is 23.9 Å². The van der Waals surface area contributed by atoms with E-state index in [0.717, 1.165) is 13.5 Å². The van der Waals surface area contributed by atoms with Gasteiger partial charge in [0.25, 0.3) is 0 Å². The number of carbonyl (C=O) groups is 4. The first-order valence-electron chi connectivity index (χ1n) is 7.28. The van der Waals surface area contributed by atoms with Gasteiger partial charge in [0.2, 0.25) is 0 Å². The highest BCUT2D eigenvalue weighted by atomic mass is 16.5. The third-order valence-corrected chi connectivity index (χ3v) is 4.03. The lowest BCUT2D eigenvalue weighted by atomic mass is 9.82. The van der Waals surface area contributed by atoms with Gasteiger partial charge in [-0.3, -0.25) is 24.1 Å². The Morgan fingerprint density at radius 1 is 0.957 bits per heavy atom. The van der Waals surface area contributed by atoms with Gasteiger partial charge < -0.3 is 20.1 Å². The number of nitrogens with zero attached hydrogens (tertiary/aromatic N) is 1. The van der Waals surface area contributed by atoms with Gasteiger partial charge in [-0.05, 0) is 25.9 Å². The number of hydrogen-bond donors (Lipinski definition) is 3. The molecule has 130 valence electrons. The normalized spacial score (nSPS) is 19.3. The Morgan fingerprint density at radius 3 is 1.91 bits per heavy atom. The molecule has 0 saturated carbocycles. The molecule has 0 spiro atoms. The minimum atomic E-state index is -1.75. The van der Waals surface area contributed by atoms with Crippen LogP contribution in [0.5, 0.6) is 0 Å². The summed E-state index contributed by atoms with van der Waals surface area (Å²) in [6.07, 6.45) is 1.64. The molecule has 1 heterocycles. The van der Waals surface area contributed by atoms with Gasteiger partial charge in [-0.15, -0.1) is 0 Å². The van der Waals surface area contributed by atoms with Crippen molar-refractivity contribution in [2.24, 2.45) is 11.8 Å². The maximum atomic E-state index is 11.6. The van der Waals surface area contributed by atoms with Crippen molar-refractivity contribution < 1.29 is 39.2 Å². The first-order valence-corrected chi connectivity index (χ1v) is 7.28. The topological polar surface area (TPSA) is 141 Å². The number of carboxylic acid groups (broad SMARTS) is 3. The summed E-state index contributed by atoms with van der Waals surface area (Å²) in [4.78, 5) is 47.5. The maximum absolute atomic E-state index is 11.6. The van der Waals surface area contributed by atoms with E-state index in [2.05, 4.69) is 4.74 Å². The summed E-state index contributed by atoms with van der Waals surface area (Å²) >= 11 is 0. The number of aliphatic carboxylic acids is 3. The highest BCUT2D eigenvalue weighted by Crippen LogP contribution is 2.27. The third kappa shape index (κ3) is 4.92. The number of likely N-dealkylation sites (tertiary alicyclic amines) is 1. The van der Waals surface area contributed by atoms with Gasteiger partial charge in [-0.1, -0.05) is 6.42 Å². The molecule has 1 saturated heterocycles. The van der Waals surface area contributed by atoms with Gasteiger partial charge in [-0.25, -0.2) is 0 Å². The highest BCUT2D eigenvalue weighted by Gasteiger charge is 2.47. The molecule has 9 heteroatoms. The number of carboxylic acids is 3. The van der Waals surface area contributed by atoms with Crippen LogP contribution in [-0.4, -0.2) is 70.3 Å². The molecule has 0 amide bonds. The minimum Gasteiger partial charge on any atom is -0.481 e. The number of rotatable bonds is 8. The predicted octanol–water partition coefficient (Wildman–Crippen LogP) is -0.110. The summed E-state index contributed by atoms with van der Waals surface area (Å²) in [6.45, 7) is 0.761. The Labute approximate surface area is 132 Å². The van der Waals surface area contributed by atoms with Gasteiger partial charge in [-0.2, -0.15) is 0 Å². The van der Waals surface area contributed by atoms with Crippen molar-refractivity contribution in [3.63, 3.8) is 0 Å². The molecule has 0 aromatic heterocycles.